The van der Waals surface area contributed by atoms with Gasteiger partial charge in [-0.05, 0) is 42.5 Å². The highest BCUT2D eigenvalue weighted by Crippen LogP contribution is 2.27. The number of hydrogen-bond donors (Lipinski definition) is 4. The summed E-state index contributed by atoms with van der Waals surface area (Å²) in [5, 5.41) is 16.3. The monoisotopic (exact) mass is 337 g/mol. The molecular formula is C17H15N5OS. The first-order valence-electron chi connectivity index (χ1n) is 7.58. The van der Waals surface area contributed by atoms with Gasteiger partial charge in [-0.2, -0.15) is 0 Å². The number of aliphatic hydroxyl groups excluding tert-OH is 1. The molecule has 2 aromatic carbocycles. The van der Waals surface area contributed by atoms with Crippen molar-refractivity contribution in [2.75, 3.05) is 18.5 Å². The molecule has 7 heteroatoms. The second kappa shape index (κ2) is 6.03. The maximum absolute atomic E-state index is 8.83. The van der Waals surface area contributed by atoms with E-state index in [4.69, 9.17) is 22.3 Å². The van der Waals surface area contributed by atoms with E-state index in [1.807, 2.05) is 42.5 Å². The summed E-state index contributed by atoms with van der Waals surface area (Å²) in [7, 11) is 0. The van der Waals surface area contributed by atoms with Crippen LogP contribution in [0.2, 0.25) is 0 Å². The molecule has 0 fully saturated rings. The molecule has 2 heterocycles. The molecule has 4 rings (SSSR count). The van der Waals surface area contributed by atoms with E-state index in [-0.39, 0.29) is 6.61 Å². The molecular weight excluding hydrogens is 322 g/mol. The molecule has 0 aliphatic heterocycles. The molecule has 4 aromatic rings. The molecule has 0 radical (unpaired) electrons. The molecule has 24 heavy (non-hydrogen) atoms. The molecule has 4 N–H and O–H groups in total. The molecule has 0 saturated heterocycles. The van der Waals surface area contributed by atoms with Gasteiger partial charge >= 0.3 is 0 Å². The quantitative estimate of drug-likeness (QED) is 0.430. The minimum absolute atomic E-state index is 0.0337. The van der Waals surface area contributed by atoms with Gasteiger partial charge in [0.25, 0.3) is 0 Å². The molecule has 0 spiro atoms. The Hall–Kier alpha value is -2.77. The third kappa shape index (κ3) is 2.64. The average Bonchev–Trinajstić information content (AvgIpc) is 2.95. The van der Waals surface area contributed by atoms with Crippen LogP contribution in [0.15, 0.2) is 42.5 Å². The fourth-order valence-electron chi connectivity index (χ4n) is 2.67. The standard InChI is InChI=1S/C17H15N5OS/c23-8-7-18-17(24)19-10-5-6-12-11(9-10)15-16(21-12)22-14-4-2-1-3-13(14)20-15/h1-6,9,23H,7-8H2,(H,21,22)(H2,18,19,24). The summed E-state index contributed by atoms with van der Waals surface area (Å²) < 4.78 is 0. The number of aromatic nitrogens is 3. The van der Waals surface area contributed by atoms with Crippen molar-refractivity contribution in [1.29, 1.82) is 0 Å². The van der Waals surface area contributed by atoms with Crippen LogP contribution in [0.3, 0.4) is 0 Å². The summed E-state index contributed by atoms with van der Waals surface area (Å²) in [5.74, 6) is 0. The highest BCUT2D eigenvalue weighted by Gasteiger charge is 2.09. The first-order valence-corrected chi connectivity index (χ1v) is 7.99. The molecule has 2 aromatic heterocycles. The largest absolute Gasteiger partial charge is 0.395 e. The first kappa shape index (κ1) is 14.8. The number of hydrogen-bond acceptors (Lipinski definition) is 4. The Labute approximate surface area is 142 Å². The number of aromatic amines is 1. The summed E-state index contributed by atoms with van der Waals surface area (Å²) in [4.78, 5) is 12.7. The van der Waals surface area contributed by atoms with Gasteiger partial charge in [-0.25, -0.2) is 9.97 Å². The van der Waals surface area contributed by atoms with Crippen molar-refractivity contribution < 1.29 is 5.11 Å². The lowest BCUT2D eigenvalue weighted by Gasteiger charge is -2.09. The molecule has 0 aliphatic carbocycles. The van der Waals surface area contributed by atoms with Crippen LogP contribution in [0.25, 0.3) is 33.1 Å². The summed E-state index contributed by atoms with van der Waals surface area (Å²) in [5.41, 5.74) is 5.16. The molecule has 0 bridgehead atoms. The Bertz CT molecular complexity index is 1060. The number of rotatable bonds is 3. The molecule has 0 amide bonds. The van der Waals surface area contributed by atoms with E-state index in [0.29, 0.717) is 11.7 Å². The lowest BCUT2D eigenvalue weighted by Crippen LogP contribution is -2.30. The summed E-state index contributed by atoms with van der Waals surface area (Å²) >= 11 is 5.19. The topological polar surface area (TPSA) is 85.9 Å². The minimum atomic E-state index is 0.0337. The highest BCUT2D eigenvalue weighted by atomic mass is 32.1. The maximum Gasteiger partial charge on any atom is 0.170 e. The highest BCUT2D eigenvalue weighted by molar-refractivity contribution is 7.80. The van der Waals surface area contributed by atoms with Crippen molar-refractivity contribution in [3.05, 3.63) is 42.5 Å². The number of H-pyrrole nitrogens is 1. The van der Waals surface area contributed by atoms with Gasteiger partial charge < -0.3 is 20.7 Å². The van der Waals surface area contributed by atoms with Crippen LogP contribution in [0.5, 0.6) is 0 Å². The zero-order chi connectivity index (χ0) is 16.5. The molecule has 0 unspecified atom stereocenters. The van der Waals surface area contributed by atoms with E-state index in [1.165, 1.54) is 0 Å². The van der Waals surface area contributed by atoms with Crippen molar-refractivity contribution >= 4 is 56.1 Å². The number of nitrogens with zero attached hydrogens (tertiary/aromatic N) is 2. The molecule has 120 valence electrons. The average molecular weight is 337 g/mol. The van der Waals surface area contributed by atoms with Gasteiger partial charge in [0.2, 0.25) is 0 Å². The van der Waals surface area contributed by atoms with Crippen molar-refractivity contribution in [1.82, 2.24) is 20.3 Å². The summed E-state index contributed by atoms with van der Waals surface area (Å²) in [6, 6.07) is 13.7. The zero-order valence-electron chi connectivity index (χ0n) is 12.7. The number of benzene rings is 2. The van der Waals surface area contributed by atoms with Crippen molar-refractivity contribution in [3.63, 3.8) is 0 Å². The normalized spacial score (nSPS) is 11.2. The number of para-hydroxylation sites is 2. The number of fused-ring (bicyclic) bond motifs is 4. The number of nitrogens with one attached hydrogen (secondary N) is 3. The van der Waals surface area contributed by atoms with E-state index in [9.17, 15) is 0 Å². The minimum Gasteiger partial charge on any atom is -0.395 e. The van der Waals surface area contributed by atoms with E-state index >= 15 is 0 Å². The number of anilines is 1. The maximum atomic E-state index is 8.83. The number of aliphatic hydroxyl groups is 1. The van der Waals surface area contributed by atoms with Crippen molar-refractivity contribution in [3.8, 4) is 0 Å². The van der Waals surface area contributed by atoms with E-state index in [1.54, 1.807) is 0 Å². The molecule has 0 atom stereocenters. The van der Waals surface area contributed by atoms with E-state index in [0.717, 1.165) is 38.8 Å². The van der Waals surface area contributed by atoms with Gasteiger partial charge in [0.15, 0.2) is 10.8 Å². The Morgan fingerprint density at radius 2 is 1.92 bits per heavy atom. The molecule has 6 nitrogen and oxygen atoms in total. The predicted molar refractivity (Wildman–Crippen MR) is 100 cm³/mol. The van der Waals surface area contributed by atoms with Gasteiger partial charge in [0, 0.05) is 23.1 Å². The fraction of sp³-hybridized carbons (Fsp3) is 0.118. The second-order valence-corrected chi connectivity index (χ2v) is 5.81. The van der Waals surface area contributed by atoms with Gasteiger partial charge in [0.1, 0.15) is 5.52 Å². The SMILES string of the molecule is OCCNC(=S)Nc1ccc2[nH]c3nc4ccccc4nc3c2c1. The van der Waals surface area contributed by atoms with Crippen molar-refractivity contribution in [2.45, 2.75) is 0 Å². The first-order chi connectivity index (χ1) is 11.7. The Morgan fingerprint density at radius 3 is 2.71 bits per heavy atom. The zero-order valence-corrected chi connectivity index (χ0v) is 13.5. The molecule has 0 aliphatic rings. The second-order valence-electron chi connectivity index (χ2n) is 5.40. The third-order valence-electron chi connectivity index (χ3n) is 3.75. The van der Waals surface area contributed by atoms with Crippen molar-refractivity contribution in [2.24, 2.45) is 0 Å². The van der Waals surface area contributed by atoms with Gasteiger partial charge in [0.05, 0.1) is 17.6 Å². The fourth-order valence-corrected chi connectivity index (χ4v) is 2.89. The lowest BCUT2D eigenvalue weighted by atomic mass is 10.2. The van der Waals surface area contributed by atoms with Crippen LogP contribution < -0.4 is 10.6 Å². The van der Waals surface area contributed by atoms with Crippen LogP contribution in [-0.4, -0.2) is 38.3 Å². The Morgan fingerprint density at radius 1 is 1.12 bits per heavy atom. The smallest absolute Gasteiger partial charge is 0.170 e. The Balaban J connectivity index is 1.78. The molecule has 0 saturated carbocycles. The van der Waals surface area contributed by atoms with E-state index < -0.39 is 0 Å². The predicted octanol–water partition coefficient (Wildman–Crippen LogP) is 2.54. The van der Waals surface area contributed by atoms with Crippen LogP contribution in [0, 0.1) is 0 Å². The Kier molecular flexibility index (Phi) is 3.72. The van der Waals surface area contributed by atoms with Gasteiger partial charge in [-0.15, -0.1) is 0 Å². The summed E-state index contributed by atoms with van der Waals surface area (Å²) in [6.07, 6.45) is 0. The van der Waals surface area contributed by atoms with Gasteiger partial charge in [-0.1, -0.05) is 12.1 Å². The number of thiocarbonyl (C=S) groups is 1. The summed E-state index contributed by atoms with van der Waals surface area (Å²) in [6.45, 7) is 0.449. The third-order valence-corrected chi connectivity index (χ3v) is 4.00. The van der Waals surface area contributed by atoms with Crippen LogP contribution in [-0.2, 0) is 0 Å². The van der Waals surface area contributed by atoms with Crippen LogP contribution in [0.1, 0.15) is 0 Å². The lowest BCUT2D eigenvalue weighted by molar-refractivity contribution is 0.301. The van der Waals surface area contributed by atoms with Crippen LogP contribution in [0.4, 0.5) is 5.69 Å². The van der Waals surface area contributed by atoms with Crippen LogP contribution >= 0.6 is 12.2 Å². The van der Waals surface area contributed by atoms with E-state index in [2.05, 4.69) is 20.6 Å². The van der Waals surface area contributed by atoms with Gasteiger partial charge in [-0.3, -0.25) is 0 Å².